The van der Waals surface area contributed by atoms with Crippen LogP contribution in [-0.4, -0.2) is 34.3 Å². The Morgan fingerprint density at radius 2 is 1.81 bits per heavy atom. The van der Waals surface area contributed by atoms with Crippen molar-refractivity contribution >= 4 is 16.9 Å². The number of nitrogens with zero attached hydrogens (tertiary/aromatic N) is 7. The van der Waals surface area contributed by atoms with Gasteiger partial charge in [-0.2, -0.15) is 5.10 Å². The number of hydrogen-bond donors (Lipinski definition) is 1. The molecule has 0 atom stereocenters. The summed E-state index contributed by atoms with van der Waals surface area (Å²) in [5.74, 6) is 1.27. The Morgan fingerprint density at radius 3 is 2.52 bits per heavy atom. The molecule has 5 rings (SSSR count). The highest BCUT2D eigenvalue weighted by Gasteiger charge is 2.24. The fourth-order valence-electron chi connectivity index (χ4n) is 3.78. The van der Waals surface area contributed by atoms with E-state index in [1.54, 1.807) is 23.4 Å². The van der Waals surface area contributed by atoms with Gasteiger partial charge in [-0.05, 0) is 45.0 Å². The monoisotopic (exact) mass is 410 g/mol. The molecule has 0 saturated heterocycles. The molecule has 8 nitrogen and oxygen atoms in total. The maximum absolute atomic E-state index is 5.68. The van der Waals surface area contributed by atoms with Crippen molar-refractivity contribution in [3.63, 3.8) is 0 Å². The minimum atomic E-state index is -0.192. The minimum absolute atomic E-state index is 0.192. The van der Waals surface area contributed by atoms with Crippen LogP contribution in [0.1, 0.15) is 20.8 Å². The molecule has 3 heterocycles. The van der Waals surface area contributed by atoms with Crippen LogP contribution in [0.15, 0.2) is 67.5 Å². The summed E-state index contributed by atoms with van der Waals surface area (Å²) in [6.45, 7) is 6.53. The van der Waals surface area contributed by atoms with Crippen molar-refractivity contribution in [3.05, 3.63) is 67.5 Å². The van der Waals surface area contributed by atoms with Crippen molar-refractivity contribution in [1.29, 1.82) is 0 Å². The first-order valence-electron chi connectivity index (χ1n) is 9.97. The van der Waals surface area contributed by atoms with Crippen LogP contribution in [0, 0.1) is 0 Å². The maximum Gasteiger partial charge on any atom is 0.143 e. The highest BCUT2D eigenvalue weighted by molar-refractivity contribution is 5.86. The predicted molar refractivity (Wildman–Crippen MR) is 121 cm³/mol. The van der Waals surface area contributed by atoms with Crippen LogP contribution in [0.5, 0.6) is 0 Å². The topological polar surface area (TPSA) is 100 Å². The van der Waals surface area contributed by atoms with Gasteiger partial charge < -0.3 is 10.3 Å². The molecule has 0 aliphatic rings. The van der Waals surface area contributed by atoms with E-state index in [0.717, 1.165) is 39.4 Å². The summed E-state index contributed by atoms with van der Waals surface area (Å²) in [5.41, 5.74) is 11.0. The number of benzene rings is 2. The third kappa shape index (κ3) is 3.31. The summed E-state index contributed by atoms with van der Waals surface area (Å²) in [6, 6.07) is 14.3. The number of fused-ring (bicyclic) bond motifs is 1. The summed E-state index contributed by atoms with van der Waals surface area (Å²) in [4.78, 5) is 17.7. The standard InChI is InChI=1S/C23H22N8/c1-23(2,3)31-20-9-8-15(18-11-27-21(24)12-26-18)10-17(20)29-22(31)16-6-4-5-7-19(16)30-14-25-13-28-30/h4-14H,1-3H3,(H2,24,27). The Labute approximate surface area is 179 Å². The van der Waals surface area contributed by atoms with Crippen LogP contribution in [0.2, 0.25) is 0 Å². The van der Waals surface area contributed by atoms with Crippen molar-refractivity contribution in [2.75, 3.05) is 5.73 Å². The van der Waals surface area contributed by atoms with Gasteiger partial charge in [-0.1, -0.05) is 18.2 Å². The first-order chi connectivity index (χ1) is 14.9. The normalized spacial score (nSPS) is 11.8. The van der Waals surface area contributed by atoms with E-state index in [1.165, 1.54) is 6.33 Å². The van der Waals surface area contributed by atoms with Gasteiger partial charge in [0.15, 0.2) is 0 Å². The molecule has 0 aliphatic carbocycles. The number of aromatic nitrogens is 7. The number of imidazole rings is 1. The van der Waals surface area contributed by atoms with Crippen molar-refractivity contribution < 1.29 is 0 Å². The summed E-state index contributed by atoms with van der Waals surface area (Å²) >= 11 is 0. The minimum Gasteiger partial charge on any atom is -0.382 e. The number of nitrogens with two attached hydrogens (primary N) is 1. The Balaban J connectivity index is 1.75. The van der Waals surface area contributed by atoms with Gasteiger partial charge in [0.1, 0.15) is 24.3 Å². The van der Waals surface area contributed by atoms with Gasteiger partial charge in [0.2, 0.25) is 0 Å². The Hall–Kier alpha value is -4.07. The second-order valence-corrected chi connectivity index (χ2v) is 8.33. The lowest BCUT2D eigenvalue weighted by atomic mass is 10.1. The van der Waals surface area contributed by atoms with Crippen molar-refractivity contribution in [2.45, 2.75) is 26.3 Å². The van der Waals surface area contributed by atoms with Crippen LogP contribution >= 0.6 is 0 Å². The molecule has 0 aliphatic heterocycles. The molecule has 31 heavy (non-hydrogen) atoms. The summed E-state index contributed by atoms with van der Waals surface area (Å²) < 4.78 is 4.02. The van der Waals surface area contributed by atoms with E-state index in [4.69, 9.17) is 10.7 Å². The number of hydrogen-bond acceptors (Lipinski definition) is 6. The lowest BCUT2D eigenvalue weighted by Gasteiger charge is -2.25. The van der Waals surface area contributed by atoms with Gasteiger partial charge in [0.25, 0.3) is 0 Å². The second-order valence-electron chi connectivity index (χ2n) is 8.33. The molecule has 154 valence electrons. The Morgan fingerprint density at radius 1 is 0.968 bits per heavy atom. The first-order valence-corrected chi connectivity index (χ1v) is 9.97. The first kappa shape index (κ1) is 18.9. The quantitative estimate of drug-likeness (QED) is 0.481. The van der Waals surface area contributed by atoms with E-state index >= 15 is 0 Å². The number of rotatable bonds is 3. The van der Waals surface area contributed by atoms with E-state index in [1.807, 2.05) is 30.3 Å². The molecule has 2 aromatic carbocycles. The van der Waals surface area contributed by atoms with Gasteiger partial charge >= 0.3 is 0 Å². The lowest BCUT2D eigenvalue weighted by Crippen LogP contribution is -2.23. The molecule has 0 bridgehead atoms. The zero-order valence-electron chi connectivity index (χ0n) is 17.6. The van der Waals surface area contributed by atoms with Crippen LogP contribution < -0.4 is 5.73 Å². The second kappa shape index (κ2) is 7.02. The van der Waals surface area contributed by atoms with E-state index in [2.05, 4.69) is 57.5 Å². The van der Waals surface area contributed by atoms with Crippen LogP contribution in [0.3, 0.4) is 0 Å². The molecule has 3 aromatic heterocycles. The summed E-state index contributed by atoms with van der Waals surface area (Å²) in [6.07, 6.45) is 6.47. The number of para-hydroxylation sites is 1. The highest BCUT2D eigenvalue weighted by Crippen LogP contribution is 2.35. The van der Waals surface area contributed by atoms with Crippen LogP contribution in [0.25, 0.3) is 39.4 Å². The highest BCUT2D eigenvalue weighted by atomic mass is 15.3. The third-order valence-corrected chi connectivity index (χ3v) is 5.10. The van der Waals surface area contributed by atoms with Crippen LogP contribution in [-0.2, 0) is 5.54 Å². The zero-order chi connectivity index (χ0) is 21.6. The summed E-state index contributed by atoms with van der Waals surface area (Å²) in [7, 11) is 0. The fraction of sp³-hybridized carbons (Fsp3) is 0.174. The predicted octanol–water partition coefficient (Wildman–Crippen LogP) is 4.08. The van der Waals surface area contributed by atoms with Gasteiger partial charge in [-0.25, -0.2) is 19.6 Å². The van der Waals surface area contributed by atoms with Crippen molar-refractivity contribution in [2.24, 2.45) is 0 Å². The molecule has 0 unspecified atom stereocenters. The number of anilines is 1. The molecule has 0 spiro atoms. The van der Waals surface area contributed by atoms with Crippen LogP contribution in [0.4, 0.5) is 5.82 Å². The van der Waals surface area contributed by atoms with Gasteiger partial charge in [0.05, 0.1) is 34.8 Å². The van der Waals surface area contributed by atoms with E-state index in [9.17, 15) is 0 Å². The van der Waals surface area contributed by atoms with E-state index < -0.39 is 0 Å². The van der Waals surface area contributed by atoms with Crippen molar-refractivity contribution in [1.82, 2.24) is 34.3 Å². The molecule has 8 heteroatoms. The molecule has 0 amide bonds. The fourth-order valence-corrected chi connectivity index (χ4v) is 3.78. The zero-order valence-corrected chi connectivity index (χ0v) is 17.6. The van der Waals surface area contributed by atoms with Gasteiger partial charge in [0, 0.05) is 16.7 Å². The number of nitrogen functional groups attached to an aromatic ring is 1. The van der Waals surface area contributed by atoms with Gasteiger partial charge in [-0.3, -0.25) is 4.98 Å². The molecule has 0 fully saturated rings. The largest absolute Gasteiger partial charge is 0.382 e. The summed E-state index contributed by atoms with van der Waals surface area (Å²) in [5, 5.41) is 4.32. The molecule has 0 saturated carbocycles. The smallest absolute Gasteiger partial charge is 0.143 e. The molecule has 5 aromatic rings. The SMILES string of the molecule is CC(C)(C)n1c(-c2ccccc2-n2cncn2)nc2cc(-c3cnc(N)cn3)ccc21. The molecule has 2 N–H and O–H groups in total. The lowest BCUT2D eigenvalue weighted by molar-refractivity contribution is 0.413. The molecular weight excluding hydrogens is 388 g/mol. The third-order valence-electron chi connectivity index (χ3n) is 5.10. The Kier molecular flexibility index (Phi) is 4.28. The molecular formula is C23H22N8. The van der Waals surface area contributed by atoms with E-state index in [-0.39, 0.29) is 5.54 Å². The average molecular weight is 410 g/mol. The van der Waals surface area contributed by atoms with Crippen molar-refractivity contribution in [3.8, 4) is 28.3 Å². The Bertz CT molecular complexity index is 1360. The molecule has 0 radical (unpaired) electrons. The average Bonchev–Trinajstić information content (AvgIpc) is 3.41. The van der Waals surface area contributed by atoms with Gasteiger partial charge in [-0.15, -0.1) is 0 Å². The van der Waals surface area contributed by atoms with E-state index in [0.29, 0.717) is 5.82 Å². The maximum atomic E-state index is 5.68.